The number of rotatable bonds is 4. The second-order valence-corrected chi connectivity index (χ2v) is 6.23. The molecule has 1 aliphatic carbocycles. The topological polar surface area (TPSA) is 113 Å². The Bertz CT molecular complexity index is 695. The zero-order valence-corrected chi connectivity index (χ0v) is 13.2. The minimum absolute atomic E-state index is 0.0886. The van der Waals surface area contributed by atoms with E-state index in [-0.39, 0.29) is 38.0 Å². The molecule has 1 saturated heterocycles. The summed E-state index contributed by atoms with van der Waals surface area (Å²) in [5, 5.41) is 11.1. The molecule has 2 aliphatic heterocycles. The molecule has 0 spiro atoms. The molecular weight excluding hydrogens is 316 g/mol. The van der Waals surface area contributed by atoms with E-state index in [4.69, 9.17) is 9.84 Å². The molecule has 4 amide bonds. The Morgan fingerprint density at radius 2 is 2.08 bits per heavy atom. The monoisotopic (exact) mass is 334 g/mol. The van der Waals surface area contributed by atoms with Crippen LogP contribution in [-0.2, 0) is 23.9 Å². The first-order valence-corrected chi connectivity index (χ1v) is 7.75. The molecule has 0 saturated carbocycles. The van der Waals surface area contributed by atoms with Crippen molar-refractivity contribution in [2.75, 3.05) is 13.2 Å². The standard InChI is InChI=1S/C16H18N2O6/c1-16(24-7-6-19)5-4-9-10(8-16)15(23)18(14(9)22)11-2-3-12(20)17-13(11)21/h4-5,11,19H,2-3,6-8H2,1H3,(H,17,20,21). The van der Waals surface area contributed by atoms with Crippen LogP contribution in [0.25, 0.3) is 0 Å². The molecular formula is C16H18N2O6. The molecule has 3 rings (SSSR count). The average molecular weight is 334 g/mol. The van der Waals surface area contributed by atoms with E-state index in [9.17, 15) is 19.2 Å². The third kappa shape index (κ3) is 2.67. The van der Waals surface area contributed by atoms with Gasteiger partial charge in [-0.1, -0.05) is 12.2 Å². The zero-order chi connectivity index (χ0) is 17.5. The molecule has 8 nitrogen and oxygen atoms in total. The maximum atomic E-state index is 12.7. The molecule has 0 aromatic carbocycles. The minimum Gasteiger partial charge on any atom is -0.394 e. The summed E-state index contributed by atoms with van der Waals surface area (Å²) in [5.41, 5.74) is -0.236. The van der Waals surface area contributed by atoms with Crippen LogP contribution in [0.1, 0.15) is 26.2 Å². The number of carbonyl (C=O) groups excluding carboxylic acids is 4. The number of hydrogen-bond donors (Lipinski definition) is 2. The van der Waals surface area contributed by atoms with Gasteiger partial charge < -0.3 is 9.84 Å². The van der Waals surface area contributed by atoms with Crippen molar-refractivity contribution < 1.29 is 29.0 Å². The number of aliphatic hydroxyl groups excluding tert-OH is 1. The predicted octanol–water partition coefficient (Wildman–Crippen LogP) is -0.815. The van der Waals surface area contributed by atoms with Gasteiger partial charge >= 0.3 is 0 Å². The predicted molar refractivity (Wildman–Crippen MR) is 80.3 cm³/mol. The molecule has 1 fully saturated rings. The Hall–Kier alpha value is -2.32. The van der Waals surface area contributed by atoms with Gasteiger partial charge in [-0.3, -0.25) is 29.4 Å². The lowest BCUT2D eigenvalue weighted by Gasteiger charge is -2.30. The minimum atomic E-state index is -0.966. The second kappa shape index (κ2) is 5.95. The molecule has 0 bridgehead atoms. The zero-order valence-electron chi connectivity index (χ0n) is 13.2. The molecule has 128 valence electrons. The highest BCUT2D eigenvalue weighted by Gasteiger charge is 2.48. The fraction of sp³-hybridized carbons (Fsp3) is 0.500. The van der Waals surface area contributed by atoms with Crippen molar-refractivity contribution in [1.29, 1.82) is 0 Å². The summed E-state index contributed by atoms with van der Waals surface area (Å²) in [4.78, 5) is 49.4. The lowest BCUT2D eigenvalue weighted by atomic mass is 9.88. The number of aliphatic hydroxyl groups is 1. The Balaban J connectivity index is 1.82. The Morgan fingerprint density at radius 1 is 1.33 bits per heavy atom. The lowest BCUT2D eigenvalue weighted by Crippen LogP contribution is -2.54. The van der Waals surface area contributed by atoms with Crippen molar-refractivity contribution >= 4 is 23.6 Å². The molecule has 8 heteroatoms. The quantitative estimate of drug-likeness (QED) is 0.650. The van der Waals surface area contributed by atoms with Gasteiger partial charge in [0.05, 0.1) is 18.8 Å². The van der Waals surface area contributed by atoms with Crippen molar-refractivity contribution in [3.8, 4) is 0 Å². The Morgan fingerprint density at radius 3 is 2.75 bits per heavy atom. The van der Waals surface area contributed by atoms with E-state index in [1.54, 1.807) is 13.0 Å². The van der Waals surface area contributed by atoms with Gasteiger partial charge in [-0.25, -0.2) is 0 Å². The van der Waals surface area contributed by atoms with Crippen LogP contribution in [0.2, 0.25) is 0 Å². The first-order valence-electron chi connectivity index (χ1n) is 7.75. The van der Waals surface area contributed by atoms with Crippen molar-refractivity contribution in [2.24, 2.45) is 0 Å². The van der Waals surface area contributed by atoms with E-state index in [2.05, 4.69) is 5.32 Å². The van der Waals surface area contributed by atoms with Gasteiger partial charge in [0.25, 0.3) is 11.8 Å². The van der Waals surface area contributed by atoms with Gasteiger partial charge in [0.2, 0.25) is 11.8 Å². The summed E-state index contributed by atoms with van der Waals surface area (Å²) in [6.45, 7) is 1.72. The summed E-state index contributed by atoms with van der Waals surface area (Å²) >= 11 is 0. The van der Waals surface area contributed by atoms with Crippen LogP contribution < -0.4 is 5.32 Å². The molecule has 3 aliphatic rings. The molecule has 24 heavy (non-hydrogen) atoms. The van der Waals surface area contributed by atoms with E-state index in [0.717, 1.165) is 4.90 Å². The number of ether oxygens (including phenoxy) is 1. The van der Waals surface area contributed by atoms with Crippen LogP contribution in [0.3, 0.4) is 0 Å². The van der Waals surface area contributed by atoms with Gasteiger partial charge in [-0.05, 0) is 13.3 Å². The van der Waals surface area contributed by atoms with Gasteiger partial charge in [0, 0.05) is 24.0 Å². The van der Waals surface area contributed by atoms with Gasteiger partial charge in [0.15, 0.2) is 0 Å². The van der Waals surface area contributed by atoms with Crippen LogP contribution in [0, 0.1) is 0 Å². The first kappa shape index (κ1) is 16.5. The maximum Gasteiger partial charge on any atom is 0.261 e. The number of imide groups is 2. The highest BCUT2D eigenvalue weighted by molar-refractivity contribution is 6.23. The van der Waals surface area contributed by atoms with E-state index in [1.807, 2.05) is 0 Å². The molecule has 0 aromatic heterocycles. The fourth-order valence-electron chi connectivity index (χ4n) is 3.21. The maximum absolute atomic E-state index is 12.7. The van der Waals surface area contributed by atoms with Crippen LogP contribution in [0.15, 0.2) is 23.3 Å². The van der Waals surface area contributed by atoms with Crippen LogP contribution in [0.5, 0.6) is 0 Å². The number of amides is 4. The van der Waals surface area contributed by atoms with Crippen molar-refractivity contribution in [2.45, 2.75) is 37.8 Å². The third-order valence-corrected chi connectivity index (χ3v) is 4.43. The number of nitrogens with zero attached hydrogens (tertiary/aromatic N) is 1. The summed E-state index contributed by atoms with van der Waals surface area (Å²) in [6, 6.07) is -0.966. The van der Waals surface area contributed by atoms with E-state index >= 15 is 0 Å². The molecule has 2 heterocycles. The van der Waals surface area contributed by atoms with E-state index in [1.165, 1.54) is 6.08 Å². The highest BCUT2D eigenvalue weighted by Crippen LogP contribution is 2.37. The van der Waals surface area contributed by atoms with Gasteiger partial charge in [-0.15, -0.1) is 0 Å². The largest absolute Gasteiger partial charge is 0.394 e. The molecule has 2 unspecified atom stereocenters. The van der Waals surface area contributed by atoms with Gasteiger partial charge in [-0.2, -0.15) is 0 Å². The van der Waals surface area contributed by atoms with Crippen LogP contribution >= 0.6 is 0 Å². The molecule has 0 radical (unpaired) electrons. The number of carbonyl (C=O) groups is 4. The SMILES string of the molecule is CC1(OCCO)C=CC2=C(C1)C(=O)N(C1CCC(=O)NC1=O)C2=O. The highest BCUT2D eigenvalue weighted by atomic mass is 16.5. The fourth-order valence-corrected chi connectivity index (χ4v) is 3.21. The van der Waals surface area contributed by atoms with Crippen molar-refractivity contribution in [3.05, 3.63) is 23.3 Å². The summed E-state index contributed by atoms with van der Waals surface area (Å²) < 4.78 is 5.55. The number of hydrogen-bond acceptors (Lipinski definition) is 6. The van der Waals surface area contributed by atoms with Crippen molar-refractivity contribution in [1.82, 2.24) is 10.2 Å². The lowest BCUT2D eigenvalue weighted by molar-refractivity contribution is -0.150. The van der Waals surface area contributed by atoms with Crippen LogP contribution in [0.4, 0.5) is 0 Å². The van der Waals surface area contributed by atoms with Crippen LogP contribution in [-0.4, -0.2) is 58.5 Å². The number of nitrogens with one attached hydrogen (secondary N) is 1. The normalized spacial score (nSPS) is 30.1. The summed E-state index contributed by atoms with van der Waals surface area (Å²) in [5.74, 6) is -2.08. The third-order valence-electron chi connectivity index (χ3n) is 4.43. The summed E-state index contributed by atoms with van der Waals surface area (Å²) in [7, 11) is 0. The number of piperidine rings is 1. The summed E-state index contributed by atoms with van der Waals surface area (Å²) in [6.07, 6.45) is 3.62. The Labute approximate surface area is 138 Å². The van der Waals surface area contributed by atoms with Crippen molar-refractivity contribution in [3.63, 3.8) is 0 Å². The molecule has 2 N–H and O–H groups in total. The Kier molecular flexibility index (Phi) is 4.10. The van der Waals surface area contributed by atoms with E-state index < -0.39 is 35.3 Å². The smallest absolute Gasteiger partial charge is 0.261 e. The van der Waals surface area contributed by atoms with E-state index in [0.29, 0.717) is 5.57 Å². The average Bonchev–Trinajstić information content (AvgIpc) is 2.77. The van der Waals surface area contributed by atoms with Gasteiger partial charge in [0.1, 0.15) is 6.04 Å². The first-order chi connectivity index (χ1) is 11.4. The second-order valence-electron chi connectivity index (χ2n) is 6.23. The molecule has 0 aromatic rings. The molecule has 2 atom stereocenters.